The van der Waals surface area contributed by atoms with Crippen LogP contribution in [0.3, 0.4) is 0 Å². The van der Waals surface area contributed by atoms with E-state index in [1.165, 1.54) is 23.3 Å². The minimum absolute atomic E-state index is 0.140. The Morgan fingerprint density at radius 3 is 2.37 bits per heavy atom. The van der Waals surface area contributed by atoms with Crippen molar-refractivity contribution in [3.8, 4) is 5.75 Å². The summed E-state index contributed by atoms with van der Waals surface area (Å²) in [4.78, 5) is 0. The predicted molar refractivity (Wildman–Crippen MR) is 138 cm³/mol. The number of halogens is 1. The highest BCUT2D eigenvalue weighted by Crippen LogP contribution is 2.44. The van der Waals surface area contributed by atoms with Gasteiger partial charge < -0.3 is 19.5 Å². The van der Waals surface area contributed by atoms with Gasteiger partial charge in [-0.05, 0) is 66.3 Å². The first-order valence-corrected chi connectivity index (χ1v) is 12.1. The average Bonchev–Trinajstić information content (AvgIpc) is 2.80. The first kappa shape index (κ1) is 25.2. The molecule has 1 aliphatic heterocycles. The number of rotatable bonds is 7. The number of ether oxygens (including phenoxy) is 3. The average molecular weight is 478 g/mol. The molecule has 0 aliphatic carbocycles. The molecule has 0 amide bonds. The van der Waals surface area contributed by atoms with Gasteiger partial charge in [0.25, 0.3) is 0 Å². The van der Waals surface area contributed by atoms with Crippen molar-refractivity contribution in [2.24, 2.45) is 0 Å². The molecule has 1 N–H and O–H groups in total. The first-order chi connectivity index (χ1) is 16.6. The number of fused-ring (bicyclic) bond motifs is 1. The predicted octanol–water partition coefficient (Wildman–Crippen LogP) is 7.18. The van der Waals surface area contributed by atoms with E-state index in [1.54, 1.807) is 13.2 Å². The van der Waals surface area contributed by atoms with Crippen molar-refractivity contribution in [3.05, 3.63) is 94.8 Å². The summed E-state index contributed by atoms with van der Waals surface area (Å²) in [6, 6.07) is 21.3. The monoisotopic (exact) mass is 477 g/mol. The zero-order valence-electron chi connectivity index (χ0n) is 21.5. The third kappa shape index (κ3) is 5.85. The second kappa shape index (κ2) is 10.00. The molecular formula is C30H36FNO3. The van der Waals surface area contributed by atoms with Crippen LogP contribution in [0.5, 0.6) is 5.75 Å². The molecule has 2 atom stereocenters. The number of nitrogens with one attached hydrogen (secondary N) is 1. The van der Waals surface area contributed by atoms with Crippen LogP contribution >= 0.6 is 0 Å². The third-order valence-electron chi connectivity index (χ3n) is 6.54. The van der Waals surface area contributed by atoms with Crippen molar-refractivity contribution >= 4 is 5.69 Å². The summed E-state index contributed by atoms with van der Waals surface area (Å²) in [5.74, 6) is 0.509. The molecule has 0 radical (unpaired) electrons. The van der Waals surface area contributed by atoms with E-state index in [-0.39, 0.29) is 30.0 Å². The lowest BCUT2D eigenvalue weighted by molar-refractivity contribution is -0.159. The van der Waals surface area contributed by atoms with E-state index in [0.29, 0.717) is 6.54 Å². The van der Waals surface area contributed by atoms with Crippen molar-refractivity contribution in [3.63, 3.8) is 0 Å². The first-order valence-electron chi connectivity index (χ1n) is 12.1. The van der Waals surface area contributed by atoms with Gasteiger partial charge >= 0.3 is 0 Å². The van der Waals surface area contributed by atoms with E-state index in [9.17, 15) is 4.39 Å². The third-order valence-corrected chi connectivity index (χ3v) is 6.54. The molecule has 4 rings (SSSR count). The molecule has 35 heavy (non-hydrogen) atoms. The largest absolute Gasteiger partial charge is 0.485 e. The van der Waals surface area contributed by atoms with Gasteiger partial charge in [0.2, 0.25) is 0 Å². The Bertz CT molecular complexity index is 1150. The molecule has 0 fully saturated rings. The van der Waals surface area contributed by atoms with Crippen LogP contribution in [-0.4, -0.2) is 18.8 Å². The molecule has 1 heterocycles. The van der Waals surface area contributed by atoms with Crippen LogP contribution in [0, 0.1) is 5.82 Å². The molecule has 3 aromatic carbocycles. The van der Waals surface area contributed by atoms with Gasteiger partial charge in [0, 0.05) is 24.9 Å². The topological polar surface area (TPSA) is 39.7 Å². The number of anilines is 1. The van der Waals surface area contributed by atoms with E-state index < -0.39 is 5.60 Å². The fourth-order valence-electron chi connectivity index (χ4n) is 4.52. The van der Waals surface area contributed by atoms with Gasteiger partial charge in [-0.25, -0.2) is 4.39 Å². The minimum Gasteiger partial charge on any atom is -0.485 e. The lowest BCUT2D eigenvalue weighted by Crippen LogP contribution is -2.50. The van der Waals surface area contributed by atoms with Crippen LogP contribution in [0.25, 0.3) is 0 Å². The van der Waals surface area contributed by atoms with Gasteiger partial charge in [-0.3, -0.25) is 0 Å². The maximum absolute atomic E-state index is 13.6. The van der Waals surface area contributed by atoms with Crippen LogP contribution in [0.4, 0.5) is 10.1 Å². The quantitative estimate of drug-likeness (QED) is 0.391. The van der Waals surface area contributed by atoms with Gasteiger partial charge in [0.15, 0.2) is 0 Å². The summed E-state index contributed by atoms with van der Waals surface area (Å²) < 4.78 is 32.2. The summed E-state index contributed by atoms with van der Waals surface area (Å²) >= 11 is 0. The Kier molecular flexibility index (Phi) is 7.20. The van der Waals surface area contributed by atoms with Gasteiger partial charge in [-0.2, -0.15) is 0 Å². The second-order valence-electron chi connectivity index (χ2n) is 10.8. The van der Waals surface area contributed by atoms with E-state index in [0.717, 1.165) is 22.6 Å². The summed E-state index contributed by atoms with van der Waals surface area (Å²) in [6.07, 6.45) is -0.696. The Morgan fingerprint density at radius 2 is 1.71 bits per heavy atom. The molecule has 0 aromatic heterocycles. The van der Waals surface area contributed by atoms with Crippen molar-refractivity contribution in [1.29, 1.82) is 0 Å². The van der Waals surface area contributed by atoms with E-state index in [2.05, 4.69) is 56.4 Å². The van der Waals surface area contributed by atoms with E-state index >= 15 is 0 Å². The Hall–Kier alpha value is -2.89. The lowest BCUT2D eigenvalue weighted by atomic mass is 9.87. The Balaban J connectivity index is 1.50. The molecule has 1 aliphatic rings. The number of benzene rings is 3. The van der Waals surface area contributed by atoms with Crippen molar-refractivity contribution in [1.82, 2.24) is 0 Å². The maximum Gasteiger partial charge on any atom is 0.132 e. The van der Waals surface area contributed by atoms with Crippen LogP contribution in [0.15, 0.2) is 66.7 Å². The SMILES string of the molecule is COC1c2cc(NCc3ccc(C(C)(C)C)cc3)ccc2OC(C)(C)C1OCc1cccc(F)c1. The fourth-order valence-corrected chi connectivity index (χ4v) is 4.52. The van der Waals surface area contributed by atoms with Gasteiger partial charge in [-0.1, -0.05) is 57.2 Å². The van der Waals surface area contributed by atoms with Crippen molar-refractivity contribution < 1.29 is 18.6 Å². The van der Waals surface area contributed by atoms with E-state index in [1.807, 2.05) is 32.0 Å². The number of hydrogen-bond donors (Lipinski definition) is 1. The normalized spacial score (nSPS) is 19.1. The van der Waals surface area contributed by atoms with Crippen LogP contribution < -0.4 is 10.1 Å². The number of hydrogen-bond acceptors (Lipinski definition) is 4. The standard InChI is InChI=1S/C30H36FNO3/c1-29(2,3)22-12-10-20(11-13-22)18-32-24-14-15-26-25(17-24)27(33-6)28(30(4,5)35-26)34-19-21-8-7-9-23(31)16-21/h7-17,27-28,32H,18-19H2,1-6H3. The molecular weight excluding hydrogens is 441 g/mol. The van der Waals surface area contributed by atoms with Gasteiger partial charge in [0.05, 0.1) is 6.61 Å². The fraction of sp³-hybridized carbons (Fsp3) is 0.400. The Labute approximate surface area is 208 Å². The van der Waals surface area contributed by atoms with Crippen LogP contribution in [-0.2, 0) is 28.0 Å². The summed E-state index contributed by atoms with van der Waals surface area (Å²) in [5.41, 5.74) is 4.75. The number of methoxy groups -OCH3 is 1. The molecule has 3 aromatic rings. The molecule has 2 unspecified atom stereocenters. The minimum atomic E-state index is -0.620. The van der Waals surface area contributed by atoms with E-state index in [4.69, 9.17) is 14.2 Å². The summed E-state index contributed by atoms with van der Waals surface area (Å²) in [7, 11) is 1.69. The van der Waals surface area contributed by atoms with Crippen LogP contribution in [0.1, 0.15) is 63.0 Å². The molecule has 4 nitrogen and oxygen atoms in total. The zero-order valence-corrected chi connectivity index (χ0v) is 21.5. The highest BCUT2D eigenvalue weighted by Gasteiger charge is 2.45. The molecule has 186 valence electrons. The van der Waals surface area contributed by atoms with Gasteiger partial charge in [-0.15, -0.1) is 0 Å². The summed E-state index contributed by atoms with van der Waals surface area (Å²) in [5, 5.41) is 3.52. The zero-order chi connectivity index (χ0) is 25.2. The van der Waals surface area contributed by atoms with Crippen molar-refractivity contribution in [2.75, 3.05) is 12.4 Å². The lowest BCUT2D eigenvalue weighted by Gasteiger charge is -2.44. The molecule has 0 bridgehead atoms. The molecule has 0 saturated heterocycles. The molecule has 0 spiro atoms. The second-order valence-corrected chi connectivity index (χ2v) is 10.8. The highest BCUT2D eigenvalue weighted by atomic mass is 19.1. The molecule has 0 saturated carbocycles. The smallest absolute Gasteiger partial charge is 0.132 e. The summed E-state index contributed by atoms with van der Waals surface area (Å²) in [6.45, 7) is 11.6. The maximum atomic E-state index is 13.6. The Morgan fingerprint density at radius 1 is 0.971 bits per heavy atom. The highest BCUT2D eigenvalue weighted by molar-refractivity contribution is 5.54. The van der Waals surface area contributed by atoms with Crippen molar-refractivity contribution in [2.45, 2.75) is 71.0 Å². The molecule has 5 heteroatoms. The van der Waals surface area contributed by atoms with Crippen LogP contribution in [0.2, 0.25) is 0 Å². The van der Waals surface area contributed by atoms with Gasteiger partial charge in [0.1, 0.15) is 29.4 Å².